The van der Waals surface area contributed by atoms with Crippen molar-refractivity contribution in [3.05, 3.63) is 70.8 Å². The van der Waals surface area contributed by atoms with Gasteiger partial charge in [0.15, 0.2) is 0 Å². The summed E-state index contributed by atoms with van der Waals surface area (Å²) < 4.78 is 0. The first-order chi connectivity index (χ1) is 17.4. The normalized spacial score (nSPS) is 16.2. The molecule has 0 bridgehead atoms. The van der Waals surface area contributed by atoms with Crippen molar-refractivity contribution in [2.75, 3.05) is 6.54 Å². The molecule has 2 aromatic rings. The summed E-state index contributed by atoms with van der Waals surface area (Å²) in [7, 11) is 0. The number of hydrogen-bond acceptors (Lipinski definition) is 4. The number of carbonyl (C=O) groups excluding carboxylic acids is 4. The lowest BCUT2D eigenvalue weighted by atomic mass is 10.1. The number of benzene rings is 2. The van der Waals surface area contributed by atoms with Crippen LogP contribution in [0, 0.1) is 6.92 Å². The quantitative estimate of drug-likeness (QED) is 0.506. The average Bonchev–Trinajstić information content (AvgIpc) is 3.46. The molecular formula is C29H35N3O4. The second-order valence-electron chi connectivity index (χ2n) is 9.84. The summed E-state index contributed by atoms with van der Waals surface area (Å²) in [5.41, 5.74) is 2.87. The van der Waals surface area contributed by atoms with E-state index in [9.17, 15) is 19.2 Å². The van der Waals surface area contributed by atoms with Crippen LogP contribution in [0.4, 0.5) is 0 Å². The Labute approximate surface area is 212 Å². The Bertz CT molecular complexity index is 1100. The summed E-state index contributed by atoms with van der Waals surface area (Å²) >= 11 is 0. The molecule has 0 aromatic heterocycles. The van der Waals surface area contributed by atoms with Gasteiger partial charge in [0.1, 0.15) is 6.04 Å². The van der Waals surface area contributed by atoms with E-state index in [4.69, 9.17) is 0 Å². The Morgan fingerprint density at radius 2 is 1.69 bits per heavy atom. The van der Waals surface area contributed by atoms with Crippen LogP contribution in [-0.4, -0.2) is 52.1 Å². The van der Waals surface area contributed by atoms with Gasteiger partial charge in [0.2, 0.25) is 11.8 Å². The van der Waals surface area contributed by atoms with Gasteiger partial charge >= 0.3 is 0 Å². The highest BCUT2D eigenvalue weighted by Crippen LogP contribution is 2.23. The van der Waals surface area contributed by atoms with Crippen molar-refractivity contribution in [2.45, 2.75) is 77.4 Å². The van der Waals surface area contributed by atoms with Crippen LogP contribution in [-0.2, 0) is 16.1 Å². The molecule has 190 valence electrons. The van der Waals surface area contributed by atoms with Gasteiger partial charge in [-0.2, -0.15) is 0 Å². The van der Waals surface area contributed by atoms with Crippen LogP contribution < -0.4 is 5.32 Å². The average molecular weight is 490 g/mol. The van der Waals surface area contributed by atoms with E-state index in [1.54, 1.807) is 29.2 Å². The first-order valence-corrected chi connectivity index (χ1v) is 13.0. The van der Waals surface area contributed by atoms with E-state index in [-0.39, 0.29) is 42.6 Å². The second-order valence-corrected chi connectivity index (χ2v) is 9.84. The number of carbonyl (C=O) groups is 4. The van der Waals surface area contributed by atoms with E-state index in [1.165, 1.54) is 4.90 Å². The fraction of sp³-hybridized carbons (Fsp3) is 0.448. The summed E-state index contributed by atoms with van der Waals surface area (Å²) in [6.07, 6.45) is 5.19. The zero-order valence-electron chi connectivity index (χ0n) is 21.2. The number of amides is 4. The summed E-state index contributed by atoms with van der Waals surface area (Å²) in [5.74, 6) is -0.892. The Kier molecular flexibility index (Phi) is 8.18. The molecule has 1 heterocycles. The predicted octanol–water partition coefficient (Wildman–Crippen LogP) is 4.24. The Balaban J connectivity index is 1.44. The van der Waals surface area contributed by atoms with Crippen LogP contribution in [0.1, 0.15) is 83.7 Å². The van der Waals surface area contributed by atoms with Crippen LogP contribution in [0.5, 0.6) is 0 Å². The number of rotatable bonds is 10. The van der Waals surface area contributed by atoms with Crippen molar-refractivity contribution in [3.63, 3.8) is 0 Å². The van der Waals surface area contributed by atoms with Gasteiger partial charge in [0.05, 0.1) is 11.1 Å². The molecule has 7 nitrogen and oxygen atoms in total. The van der Waals surface area contributed by atoms with Gasteiger partial charge in [0.25, 0.3) is 11.8 Å². The van der Waals surface area contributed by atoms with Gasteiger partial charge < -0.3 is 10.2 Å². The number of imide groups is 1. The van der Waals surface area contributed by atoms with E-state index in [1.807, 2.05) is 38.1 Å². The molecule has 0 unspecified atom stereocenters. The van der Waals surface area contributed by atoms with E-state index in [0.29, 0.717) is 30.5 Å². The minimum atomic E-state index is -0.571. The lowest BCUT2D eigenvalue weighted by molar-refractivity contribution is -0.141. The maximum Gasteiger partial charge on any atom is 0.261 e. The Hall–Kier alpha value is -3.48. The first-order valence-electron chi connectivity index (χ1n) is 13.0. The maximum absolute atomic E-state index is 13.5. The Morgan fingerprint density at radius 3 is 2.31 bits per heavy atom. The highest BCUT2D eigenvalue weighted by molar-refractivity contribution is 6.21. The third kappa shape index (κ3) is 5.66. The van der Waals surface area contributed by atoms with Crippen LogP contribution in [0.15, 0.2) is 48.5 Å². The minimum Gasteiger partial charge on any atom is -0.352 e. The monoisotopic (exact) mass is 489 g/mol. The van der Waals surface area contributed by atoms with Crippen LogP contribution in [0.2, 0.25) is 0 Å². The van der Waals surface area contributed by atoms with Crippen LogP contribution in [0.25, 0.3) is 0 Å². The molecule has 0 spiro atoms. The molecule has 36 heavy (non-hydrogen) atoms. The summed E-state index contributed by atoms with van der Waals surface area (Å²) in [4.78, 5) is 54.9. The van der Waals surface area contributed by atoms with Crippen molar-refractivity contribution in [3.8, 4) is 0 Å². The first kappa shape index (κ1) is 25.6. The number of hydrogen-bond donors (Lipinski definition) is 1. The molecule has 1 aliphatic carbocycles. The lowest BCUT2D eigenvalue weighted by Gasteiger charge is -2.32. The second kappa shape index (κ2) is 11.5. The van der Waals surface area contributed by atoms with Crippen molar-refractivity contribution in [2.24, 2.45) is 0 Å². The van der Waals surface area contributed by atoms with Gasteiger partial charge in [-0.25, -0.2) is 0 Å². The number of aryl methyl sites for hydroxylation is 1. The van der Waals surface area contributed by atoms with Gasteiger partial charge in [-0.1, -0.05) is 61.7 Å². The highest BCUT2D eigenvalue weighted by Gasteiger charge is 2.35. The van der Waals surface area contributed by atoms with E-state index >= 15 is 0 Å². The van der Waals surface area contributed by atoms with Gasteiger partial charge in [-0.3, -0.25) is 24.1 Å². The fourth-order valence-electron chi connectivity index (χ4n) is 5.27. The minimum absolute atomic E-state index is 0.106. The smallest absolute Gasteiger partial charge is 0.261 e. The summed E-state index contributed by atoms with van der Waals surface area (Å²) in [6, 6.07) is 14.3. The maximum atomic E-state index is 13.5. The molecule has 7 heteroatoms. The molecule has 2 aromatic carbocycles. The molecule has 1 atom stereocenters. The fourth-order valence-corrected chi connectivity index (χ4v) is 5.27. The number of nitrogens with zero attached hydrogens (tertiary/aromatic N) is 2. The lowest BCUT2D eigenvalue weighted by Crippen LogP contribution is -2.51. The molecule has 1 saturated carbocycles. The molecule has 0 saturated heterocycles. The molecule has 1 fully saturated rings. The third-order valence-corrected chi connectivity index (χ3v) is 7.17. The molecule has 1 N–H and O–H groups in total. The zero-order valence-corrected chi connectivity index (χ0v) is 21.2. The number of nitrogens with one attached hydrogen (secondary N) is 1. The van der Waals surface area contributed by atoms with Crippen LogP contribution in [0.3, 0.4) is 0 Å². The third-order valence-electron chi connectivity index (χ3n) is 7.17. The van der Waals surface area contributed by atoms with Crippen molar-refractivity contribution in [1.29, 1.82) is 0 Å². The topological polar surface area (TPSA) is 86.8 Å². The summed E-state index contributed by atoms with van der Waals surface area (Å²) in [5, 5.41) is 3.15. The summed E-state index contributed by atoms with van der Waals surface area (Å²) in [6.45, 7) is 4.43. The van der Waals surface area contributed by atoms with Crippen molar-refractivity contribution >= 4 is 23.6 Å². The molecule has 0 radical (unpaired) electrons. The van der Waals surface area contributed by atoms with E-state index < -0.39 is 6.04 Å². The van der Waals surface area contributed by atoms with Gasteiger partial charge in [-0.05, 0) is 50.3 Å². The SMILES string of the molecule is CC[C@H](C(=O)NC1CCCC1)N(Cc1cccc(C)c1)C(=O)CCCN1C(=O)c2ccccc2C1=O. The molecule has 1 aliphatic heterocycles. The standard InChI is InChI=1S/C29H35N3O4/c1-3-25(27(34)30-22-12-4-5-13-22)32(19-21-11-8-10-20(2)18-21)26(33)16-9-17-31-28(35)23-14-6-7-15-24(23)29(31)36/h6-8,10-11,14-15,18,22,25H,3-5,9,12-13,16-17,19H2,1-2H3,(H,30,34)/t25-/m1/s1. The van der Waals surface area contributed by atoms with Crippen molar-refractivity contribution < 1.29 is 19.2 Å². The van der Waals surface area contributed by atoms with E-state index in [2.05, 4.69) is 5.32 Å². The molecule has 4 amide bonds. The van der Waals surface area contributed by atoms with Gasteiger partial charge in [0, 0.05) is 25.6 Å². The molecule has 4 rings (SSSR count). The zero-order chi connectivity index (χ0) is 25.7. The van der Waals surface area contributed by atoms with Crippen LogP contribution >= 0.6 is 0 Å². The Morgan fingerprint density at radius 1 is 1.03 bits per heavy atom. The van der Waals surface area contributed by atoms with Crippen molar-refractivity contribution in [1.82, 2.24) is 15.1 Å². The highest BCUT2D eigenvalue weighted by atomic mass is 16.2. The largest absolute Gasteiger partial charge is 0.352 e. The van der Waals surface area contributed by atoms with E-state index in [0.717, 1.165) is 36.8 Å². The molecule has 2 aliphatic rings. The van der Waals surface area contributed by atoms with Gasteiger partial charge in [-0.15, -0.1) is 0 Å². The molecular weight excluding hydrogens is 454 g/mol. The number of fused-ring (bicyclic) bond motifs is 1. The predicted molar refractivity (Wildman–Crippen MR) is 137 cm³/mol.